The van der Waals surface area contributed by atoms with Crippen molar-refractivity contribution in [2.75, 3.05) is 6.54 Å². The smallest absolute Gasteiger partial charge is 0.0993 e. The van der Waals surface area contributed by atoms with Gasteiger partial charge in [0.15, 0.2) is 0 Å². The maximum atomic E-state index is 5.93. The topological polar surface area (TPSA) is 12.5 Å². The quantitative estimate of drug-likeness (QED) is 0.771. The van der Waals surface area contributed by atoms with Crippen molar-refractivity contribution in [3.8, 4) is 0 Å². The third-order valence-corrected chi connectivity index (χ3v) is 3.65. The average Bonchev–Trinajstić information content (AvgIpc) is 2.80. The highest BCUT2D eigenvalue weighted by atomic mass is 16.7. The highest BCUT2D eigenvalue weighted by Crippen LogP contribution is 2.29. The number of piperidine rings is 1. The fourth-order valence-corrected chi connectivity index (χ4v) is 2.73. The van der Waals surface area contributed by atoms with Gasteiger partial charge < -0.3 is 0 Å². The van der Waals surface area contributed by atoms with Crippen LogP contribution in [0.15, 0.2) is 36.4 Å². The second-order valence-electron chi connectivity index (χ2n) is 4.94. The second-order valence-corrected chi connectivity index (χ2v) is 4.94. The van der Waals surface area contributed by atoms with Gasteiger partial charge in [0.05, 0.1) is 6.10 Å². The van der Waals surface area contributed by atoms with Gasteiger partial charge in [0.2, 0.25) is 0 Å². The van der Waals surface area contributed by atoms with Gasteiger partial charge >= 0.3 is 0 Å². The summed E-state index contributed by atoms with van der Waals surface area (Å²) in [6.45, 7) is 1.11. The van der Waals surface area contributed by atoms with Gasteiger partial charge in [-0.05, 0) is 24.8 Å². The fourth-order valence-electron chi connectivity index (χ4n) is 2.73. The first-order valence-corrected chi connectivity index (χ1v) is 6.58. The van der Waals surface area contributed by atoms with Crippen molar-refractivity contribution in [2.24, 2.45) is 0 Å². The van der Waals surface area contributed by atoms with Crippen LogP contribution in [0.1, 0.15) is 31.2 Å². The minimum Gasteiger partial charge on any atom is -0.291 e. The van der Waals surface area contributed by atoms with E-state index in [0.717, 1.165) is 13.0 Å². The number of hydrogen-bond acceptors (Lipinski definition) is 2. The van der Waals surface area contributed by atoms with Crippen LogP contribution in [-0.2, 0) is 4.84 Å². The van der Waals surface area contributed by atoms with E-state index in [1.807, 2.05) is 6.07 Å². The molecule has 2 aliphatic heterocycles. The molecule has 2 unspecified atom stereocenters. The molecular formula is C15H19NO. The van der Waals surface area contributed by atoms with Crippen LogP contribution in [0.4, 0.5) is 0 Å². The molecule has 0 bridgehead atoms. The molecule has 0 saturated carbocycles. The Balaban J connectivity index is 1.61. The molecule has 2 fully saturated rings. The maximum absolute atomic E-state index is 5.93. The number of hydroxylamine groups is 2. The van der Waals surface area contributed by atoms with E-state index in [1.54, 1.807) is 0 Å². The van der Waals surface area contributed by atoms with Crippen molar-refractivity contribution in [2.45, 2.75) is 37.8 Å². The fraction of sp³-hybridized carbons (Fsp3) is 0.467. The molecule has 2 heteroatoms. The highest BCUT2D eigenvalue weighted by Gasteiger charge is 2.33. The van der Waals surface area contributed by atoms with E-state index < -0.39 is 0 Å². The Kier molecular flexibility index (Phi) is 3.25. The maximum Gasteiger partial charge on any atom is 0.0993 e. The van der Waals surface area contributed by atoms with Crippen molar-refractivity contribution in [1.29, 1.82) is 0 Å². The lowest BCUT2D eigenvalue weighted by atomic mass is 10.00. The van der Waals surface area contributed by atoms with E-state index in [-0.39, 0.29) is 6.10 Å². The number of rotatable bonds is 2. The normalized spacial score (nSPS) is 29.6. The van der Waals surface area contributed by atoms with Gasteiger partial charge in [-0.25, -0.2) is 0 Å². The molecule has 2 heterocycles. The van der Waals surface area contributed by atoms with Crippen LogP contribution < -0.4 is 0 Å². The summed E-state index contributed by atoms with van der Waals surface area (Å²) in [6, 6.07) is 11.1. The third-order valence-electron chi connectivity index (χ3n) is 3.65. The second kappa shape index (κ2) is 5.03. The van der Waals surface area contributed by atoms with E-state index in [0.29, 0.717) is 6.04 Å². The Bertz CT molecular complexity index is 373. The molecule has 0 aliphatic carbocycles. The standard InChI is InChI=1S/C15H19NO/c1-2-6-13(7-3-1)9-10-15-12-14-8-4-5-11-16(14)17-15/h1-3,6-7,9-10,14-15H,4-5,8,11-12H2. The zero-order valence-electron chi connectivity index (χ0n) is 10.1. The van der Waals surface area contributed by atoms with Gasteiger partial charge in [-0.1, -0.05) is 48.9 Å². The van der Waals surface area contributed by atoms with Crippen LogP contribution in [0.5, 0.6) is 0 Å². The molecule has 0 amide bonds. The van der Waals surface area contributed by atoms with Crippen molar-refractivity contribution in [3.63, 3.8) is 0 Å². The summed E-state index contributed by atoms with van der Waals surface area (Å²) >= 11 is 0. The first-order chi connectivity index (χ1) is 8.42. The molecule has 0 spiro atoms. The molecule has 0 aromatic heterocycles. The molecule has 0 N–H and O–H groups in total. The van der Waals surface area contributed by atoms with Gasteiger partial charge in [-0.15, -0.1) is 0 Å². The minimum absolute atomic E-state index is 0.276. The lowest BCUT2D eigenvalue weighted by Crippen LogP contribution is -2.32. The Morgan fingerprint density at radius 1 is 1.18 bits per heavy atom. The molecule has 2 nitrogen and oxygen atoms in total. The monoisotopic (exact) mass is 229 g/mol. The summed E-state index contributed by atoms with van der Waals surface area (Å²) in [5.74, 6) is 0. The Hall–Kier alpha value is -1.12. The van der Waals surface area contributed by atoms with E-state index in [4.69, 9.17) is 4.84 Å². The SMILES string of the molecule is C(=CC1CC2CCCCN2O1)c1ccccc1. The summed E-state index contributed by atoms with van der Waals surface area (Å²) < 4.78 is 0. The zero-order chi connectivity index (χ0) is 11.5. The predicted octanol–water partition coefficient (Wildman–Crippen LogP) is 3.26. The Labute approximate surface area is 103 Å². The van der Waals surface area contributed by atoms with E-state index in [9.17, 15) is 0 Å². The van der Waals surface area contributed by atoms with E-state index in [1.165, 1.54) is 24.8 Å². The predicted molar refractivity (Wildman–Crippen MR) is 69.3 cm³/mol. The first kappa shape index (κ1) is 11.0. The summed E-state index contributed by atoms with van der Waals surface area (Å²) in [4.78, 5) is 5.93. The molecule has 2 aliphatic rings. The van der Waals surface area contributed by atoms with Gasteiger partial charge in [-0.3, -0.25) is 4.84 Å². The van der Waals surface area contributed by atoms with E-state index in [2.05, 4.69) is 41.5 Å². The van der Waals surface area contributed by atoms with Gasteiger partial charge in [0.25, 0.3) is 0 Å². The number of fused-ring (bicyclic) bond motifs is 1. The van der Waals surface area contributed by atoms with Crippen LogP contribution in [0.3, 0.4) is 0 Å². The third kappa shape index (κ3) is 2.59. The summed E-state index contributed by atoms with van der Waals surface area (Å²) in [5.41, 5.74) is 1.25. The van der Waals surface area contributed by atoms with Crippen LogP contribution in [-0.4, -0.2) is 23.8 Å². The molecule has 3 rings (SSSR count). The Morgan fingerprint density at radius 3 is 2.88 bits per heavy atom. The lowest BCUT2D eigenvalue weighted by Gasteiger charge is -2.26. The largest absolute Gasteiger partial charge is 0.291 e. The van der Waals surface area contributed by atoms with Crippen molar-refractivity contribution < 1.29 is 4.84 Å². The molecule has 0 radical (unpaired) electrons. The number of hydrogen-bond donors (Lipinski definition) is 0. The molecule has 2 saturated heterocycles. The number of benzene rings is 1. The van der Waals surface area contributed by atoms with Crippen LogP contribution in [0.2, 0.25) is 0 Å². The molecule has 90 valence electrons. The molecule has 1 aromatic rings. The minimum atomic E-state index is 0.276. The zero-order valence-corrected chi connectivity index (χ0v) is 10.1. The van der Waals surface area contributed by atoms with Gasteiger partial charge in [0, 0.05) is 12.6 Å². The molecule has 17 heavy (non-hydrogen) atoms. The van der Waals surface area contributed by atoms with Gasteiger partial charge in [-0.2, -0.15) is 5.06 Å². The van der Waals surface area contributed by atoms with Crippen molar-refractivity contribution in [3.05, 3.63) is 42.0 Å². The molecule has 2 atom stereocenters. The lowest BCUT2D eigenvalue weighted by molar-refractivity contribution is -0.160. The summed E-state index contributed by atoms with van der Waals surface area (Å²) in [5, 5.41) is 2.20. The van der Waals surface area contributed by atoms with E-state index >= 15 is 0 Å². The van der Waals surface area contributed by atoms with Gasteiger partial charge in [0.1, 0.15) is 0 Å². The summed E-state index contributed by atoms with van der Waals surface area (Å²) in [6.07, 6.45) is 9.75. The average molecular weight is 229 g/mol. The first-order valence-electron chi connectivity index (χ1n) is 6.58. The van der Waals surface area contributed by atoms with Crippen LogP contribution in [0, 0.1) is 0 Å². The van der Waals surface area contributed by atoms with Crippen molar-refractivity contribution >= 4 is 6.08 Å². The summed E-state index contributed by atoms with van der Waals surface area (Å²) in [7, 11) is 0. The molecule has 1 aromatic carbocycles. The number of nitrogens with zero attached hydrogens (tertiary/aromatic N) is 1. The van der Waals surface area contributed by atoms with Crippen LogP contribution >= 0.6 is 0 Å². The van der Waals surface area contributed by atoms with Crippen molar-refractivity contribution in [1.82, 2.24) is 5.06 Å². The van der Waals surface area contributed by atoms with Crippen LogP contribution in [0.25, 0.3) is 6.08 Å². The Morgan fingerprint density at radius 2 is 2.06 bits per heavy atom. The highest BCUT2D eigenvalue weighted by molar-refractivity contribution is 5.49. The molecular weight excluding hydrogens is 210 g/mol.